The summed E-state index contributed by atoms with van der Waals surface area (Å²) in [4.78, 5) is 0. The van der Waals surface area contributed by atoms with Gasteiger partial charge in [0.2, 0.25) is 18.6 Å². The Labute approximate surface area is 177 Å². The number of ether oxygens (including phenoxy) is 5. The molecule has 1 aromatic heterocycles. The molecule has 3 N–H and O–H groups in total. The van der Waals surface area contributed by atoms with E-state index in [2.05, 4.69) is 16.3 Å². The van der Waals surface area contributed by atoms with E-state index in [1.165, 1.54) is 0 Å². The summed E-state index contributed by atoms with van der Waals surface area (Å²) in [6.45, 7) is 0.173. The molecule has 0 saturated heterocycles. The van der Waals surface area contributed by atoms with Gasteiger partial charge in [-0.1, -0.05) is 6.07 Å². The SMILES string of the molecule is COc1ccc(C2C(C#N)=C(N)Oc3n[nH]c(-c4ccc5c(c4)OCO5)c32)c(OC)c1. The number of benzene rings is 2. The molecule has 0 bridgehead atoms. The van der Waals surface area contributed by atoms with Gasteiger partial charge in [-0.15, -0.1) is 5.10 Å². The molecule has 31 heavy (non-hydrogen) atoms. The van der Waals surface area contributed by atoms with Crippen LogP contribution in [-0.4, -0.2) is 31.2 Å². The molecule has 5 rings (SSSR count). The molecule has 1 atom stereocenters. The highest BCUT2D eigenvalue weighted by atomic mass is 16.7. The molecule has 3 heterocycles. The molecule has 3 aromatic rings. The zero-order chi connectivity index (χ0) is 21.5. The number of fused-ring (bicyclic) bond motifs is 2. The Morgan fingerprint density at radius 2 is 1.97 bits per heavy atom. The third-order valence-electron chi connectivity index (χ3n) is 5.35. The molecule has 0 amide bonds. The molecule has 156 valence electrons. The fourth-order valence-electron chi connectivity index (χ4n) is 3.89. The van der Waals surface area contributed by atoms with Crippen molar-refractivity contribution in [3.63, 3.8) is 0 Å². The second kappa shape index (κ2) is 7.18. The lowest BCUT2D eigenvalue weighted by Crippen LogP contribution is -2.21. The summed E-state index contributed by atoms with van der Waals surface area (Å²) >= 11 is 0. The van der Waals surface area contributed by atoms with Crippen LogP contribution >= 0.6 is 0 Å². The third-order valence-corrected chi connectivity index (χ3v) is 5.35. The number of nitrogens with two attached hydrogens (primary N) is 1. The number of nitrogens with one attached hydrogen (secondary N) is 1. The Morgan fingerprint density at radius 3 is 2.74 bits per heavy atom. The van der Waals surface area contributed by atoms with Crippen LogP contribution < -0.4 is 29.4 Å². The van der Waals surface area contributed by atoms with Crippen molar-refractivity contribution in [3.8, 4) is 46.2 Å². The number of aromatic amines is 1. The number of H-pyrrole nitrogens is 1. The predicted octanol–water partition coefficient (Wildman–Crippen LogP) is 3.04. The first-order chi connectivity index (χ1) is 15.1. The summed E-state index contributed by atoms with van der Waals surface area (Å²) in [5.74, 6) is 2.22. The van der Waals surface area contributed by atoms with Crippen LogP contribution in [0.3, 0.4) is 0 Å². The Balaban J connectivity index is 1.72. The van der Waals surface area contributed by atoms with Crippen LogP contribution in [0.5, 0.6) is 28.9 Å². The number of aromatic nitrogens is 2. The van der Waals surface area contributed by atoms with Crippen LogP contribution in [-0.2, 0) is 0 Å². The van der Waals surface area contributed by atoms with Crippen molar-refractivity contribution in [2.24, 2.45) is 5.73 Å². The number of nitriles is 1. The molecular weight excluding hydrogens is 400 g/mol. The van der Waals surface area contributed by atoms with E-state index >= 15 is 0 Å². The quantitative estimate of drug-likeness (QED) is 0.662. The van der Waals surface area contributed by atoms with Gasteiger partial charge in [-0.25, -0.2) is 0 Å². The first kappa shape index (κ1) is 18.7. The van der Waals surface area contributed by atoms with Crippen molar-refractivity contribution in [3.05, 3.63) is 59.0 Å². The van der Waals surface area contributed by atoms with Crippen molar-refractivity contribution < 1.29 is 23.7 Å². The second-order valence-corrected chi connectivity index (χ2v) is 6.92. The highest BCUT2D eigenvalue weighted by molar-refractivity contribution is 5.73. The van der Waals surface area contributed by atoms with Gasteiger partial charge < -0.3 is 29.4 Å². The predicted molar refractivity (Wildman–Crippen MR) is 109 cm³/mol. The molecular formula is C22H18N4O5. The number of hydrogen-bond acceptors (Lipinski definition) is 8. The van der Waals surface area contributed by atoms with E-state index in [1.807, 2.05) is 24.3 Å². The van der Waals surface area contributed by atoms with E-state index in [4.69, 9.17) is 29.4 Å². The summed E-state index contributed by atoms with van der Waals surface area (Å²) in [7, 11) is 3.14. The van der Waals surface area contributed by atoms with Crippen LogP contribution in [0, 0.1) is 11.3 Å². The smallest absolute Gasteiger partial charge is 0.244 e. The van der Waals surface area contributed by atoms with Crippen molar-refractivity contribution in [2.75, 3.05) is 21.0 Å². The van der Waals surface area contributed by atoms with E-state index in [-0.39, 0.29) is 18.2 Å². The van der Waals surface area contributed by atoms with Crippen LogP contribution in [0.15, 0.2) is 47.9 Å². The van der Waals surface area contributed by atoms with E-state index in [9.17, 15) is 5.26 Å². The first-order valence-corrected chi connectivity index (χ1v) is 9.42. The first-order valence-electron chi connectivity index (χ1n) is 9.42. The Kier molecular flexibility index (Phi) is 4.33. The van der Waals surface area contributed by atoms with Gasteiger partial charge in [0.1, 0.15) is 23.1 Å². The number of methoxy groups -OCH3 is 2. The van der Waals surface area contributed by atoms with Crippen molar-refractivity contribution >= 4 is 0 Å². The van der Waals surface area contributed by atoms with Gasteiger partial charge in [-0.2, -0.15) is 5.26 Å². The minimum absolute atomic E-state index is 0.00149. The maximum atomic E-state index is 9.91. The van der Waals surface area contributed by atoms with E-state index < -0.39 is 5.92 Å². The summed E-state index contributed by atoms with van der Waals surface area (Å²) in [6, 6.07) is 13.2. The largest absolute Gasteiger partial charge is 0.497 e. The monoisotopic (exact) mass is 418 g/mol. The Hall–Kier alpha value is -4.32. The number of rotatable bonds is 4. The average molecular weight is 418 g/mol. The lowest BCUT2D eigenvalue weighted by atomic mass is 9.82. The van der Waals surface area contributed by atoms with E-state index in [1.54, 1.807) is 26.4 Å². The third kappa shape index (κ3) is 2.88. The van der Waals surface area contributed by atoms with Crippen molar-refractivity contribution in [1.29, 1.82) is 5.26 Å². The fourth-order valence-corrected chi connectivity index (χ4v) is 3.89. The lowest BCUT2D eigenvalue weighted by molar-refractivity contribution is 0.174. The average Bonchev–Trinajstić information content (AvgIpc) is 3.43. The van der Waals surface area contributed by atoms with Crippen molar-refractivity contribution in [2.45, 2.75) is 5.92 Å². The molecule has 2 aliphatic rings. The van der Waals surface area contributed by atoms with Gasteiger partial charge in [0.05, 0.1) is 31.4 Å². The van der Waals surface area contributed by atoms with Crippen molar-refractivity contribution in [1.82, 2.24) is 10.2 Å². The zero-order valence-corrected chi connectivity index (χ0v) is 16.8. The van der Waals surface area contributed by atoms with E-state index in [0.29, 0.717) is 40.1 Å². The maximum Gasteiger partial charge on any atom is 0.244 e. The zero-order valence-electron chi connectivity index (χ0n) is 16.8. The van der Waals surface area contributed by atoms with Crippen LogP contribution in [0.25, 0.3) is 11.3 Å². The van der Waals surface area contributed by atoms with Gasteiger partial charge >= 0.3 is 0 Å². The van der Waals surface area contributed by atoms with Crippen LogP contribution in [0.1, 0.15) is 17.0 Å². The number of nitrogens with zero attached hydrogens (tertiary/aromatic N) is 2. The molecule has 2 aromatic carbocycles. The molecule has 0 saturated carbocycles. The molecule has 9 nitrogen and oxygen atoms in total. The second-order valence-electron chi connectivity index (χ2n) is 6.92. The maximum absolute atomic E-state index is 9.91. The Morgan fingerprint density at radius 1 is 1.13 bits per heavy atom. The normalized spacial score (nSPS) is 16.4. The van der Waals surface area contributed by atoms with Gasteiger partial charge in [-0.3, -0.25) is 5.10 Å². The fraction of sp³-hybridized carbons (Fsp3) is 0.182. The highest BCUT2D eigenvalue weighted by Crippen LogP contribution is 2.49. The summed E-state index contributed by atoms with van der Waals surface area (Å²) in [5.41, 5.74) is 9.23. The molecule has 1 unspecified atom stereocenters. The van der Waals surface area contributed by atoms with Crippen LogP contribution in [0.4, 0.5) is 0 Å². The van der Waals surface area contributed by atoms with Crippen LogP contribution in [0.2, 0.25) is 0 Å². The highest BCUT2D eigenvalue weighted by Gasteiger charge is 2.37. The molecule has 0 radical (unpaired) electrons. The minimum Gasteiger partial charge on any atom is -0.497 e. The standard InChI is InChI=1S/C22H18N4O5/c1-27-12-4-5-13(16(8-12)28-2)18-14(9-23)21(24)31-22-19(18)20(25-26-22)11-3-6-15-17(7-11)30-10-29-15/h3-8,18H,10,24H2,1-2H3,(H,25,26). The summed E-state index contributed by atoms with van der Waals surface area (Å²) in [6.07, 6.45) is 0. The summed E-state index contributed by atoms with van der Waals surface area (Å²) in [5, 5.41) is 17.2. The van der Waals surface area contributed by atoms with E-state index in [0.717, 1.165) is 11.1 Å². The molecule has 2 aliphatic heterocycles. The van der Waals surface area contributed by atoms with Gasteiger partial charge in [0.15, 0.2) is 11.5 Å². The minimum atomic E-state index is -0.561. The van der Waals surface area contributed by atoms with Gasteiger partial charge in [0, 0.05) is 17.2 Å². The molecule has 9 heteroatoms. The number of allylic oxidation sites excluding steroid dienone is 1. The number of hydrogen-bond donors (Lipinski definition) is 2. The summed E-state index contributed by atoms with van der Waals surface area (Å²) < 4.78 is 27.5. The Bertz CT molecular complexity index is 1260. The van der Waals surface area contributed by atoms with Gasteiger partial charge in [-0.05, 0) is 24.3 Å². The lowest BCUT2D eigenvalue weighted by Gasteiger charge is -2.25. The molecule has 0 fully saturated rings. The topological polar surface area (TPSA) is 125 Å². The van der Waals surface area contributed by atoms with Gasteiger partial charge in [0.25, 0.3) is 0 Å². The molecule has 0 aliphatic carbocycles. The molecule has 0 spiro atoms.